The largest absolute Gasteiger partial charge is 0.309 e. The summed E-state index contributed by atoms with van der Waals surface area (Å²) in [5, 5.41) is 7.04. The van der Waals surface area contributed by atoms with Crippen molar-refractivity contribution < 1.29 is 0 Å². The van der Waals surface area contributed by atoms with Gasteiger partial charge in [-0.15, -0.1) is 0 Å². The van der Waals surface area contributed by atoms with E-state index in [-0.39, 0.29) is 0 Å². The minimum Gasteiger partial charge on any atom is -0.309 e. The Labute approximate surface area is 317 Å². The molecule has 11 aromatic rings. The lowest BCUT2D eigenvalue weighted by Crippen LogP contribution is -1.95. The fraction of sp³-hybridized carbons (Fsp3) is 0. The molecule has 0 amide bonds. The van der Waals surface area contributed by atoms with Crippen molar-refractivity contribution in [1.82, 2.24) is 19.5 Å². The van der Waals surface area contributed by atoms with Crippen LogP contribution in [0.15, 0.2) is 194 Å². The number of rotatable bonds is 5. The van der Waals surface area contributed by atoms with E-state index in [1.165, 1.54) is 27.2 Å². The Morgan fingerprint density at radius 3 is 1.71 bits per heavy atom. The molecule has 0 spiro atoms. The topological polar surface area (TPSA) is 43.6 Å². The van der Waals surface area contributed by atoms with E-state index < -0.39 is 0 Å². The molecule has 0 aliphatic rings. The third-order valence-corrected chi connectivity index (χ3v) is 10.8. The predicted octanol–water partition coefficient (Wildman–Crippen LogP) is 13.1. The Hall–Kier alpha value is -7.43. The van der Waals surface area contributed by atoms with Crippen molar-refractivity contribution in [2.75, 3.05) is 0 Å². The van der Waals surface area contributed by atoms with Gasteiger partial charge in [0.15, 0.2) is 5.82 Å². The molecular weight excluding hydrogens is 669 g/mol. The van der Waals surface area contributed by atoms with E-state index >= 15 is 0 Å². The van der Waals surface area contributed by atoms with Gasteiger partial charge in [-0.3, -0.25) is 0 Å². The van der Waals surface area contributed by atoms with Crippen molar-refractivity contribution in [3.05, 3.63) is 194 Å². The van der Waals surface area contributed by atoms with Crippen molar-refractivity contribution in [2.45, 2.75) is 0 Å². The molecule has 3 heterocycles. The number of nitrogens with zero attached hydrogens (tertiary/aromatic N) is 4. The molecule has 0 radical (unpaired) electrons. The predicted molar refractivity (Wildman–Crippen MR) is 228 cm³/mol. The summed E-state index contributed by atoms with van der Waals surface area (Å²) in [6, 6.07) is 68.4. The van der Waals surface area contributed by atoms with E-state index in [9.17, 15) is 0 Å². The summed E-state index contributed by atoms with van der Waals surface area (Å²) < 4.78 is 2.38. The van der Waals surface area contributed by atoms with Crippen molar-refractivity contribution >= 4 is 54.4 Å². The monoisotopic (exact) mass is 700 g/mol. The SMILES string of the molecule is c1ccc(-c2nc(-c3ccc(-c4cccc(-c5nc6ccccc6c6c5ccc5c6c6ccccc6n5-c5ccccc5)c4)cc3)nc3ccccc23)cc1. The molecule has 0 fully saturated rings. The average molecular weight is 701 g/mol. The van der Waals surface area contributed by atoms with Crippen LogP contribution in [0.25, 0.3) is 105 Å². The Morgan fingerprint density at radius 1 is 0.309 bits per heavy atom. The van der Waals surface area contributed by atoms with Gasteiger partial charge in [-0.25, -0.2) is 15.0 Å². The molecule has 8 aromatic carbocycles. The van der Waals surface area contributed by atoms with Gasteiger partial charge in [-0.2, -0.15) is 0 Å². The van der Waals surface area contributed by atoms with Gasteiger partial charge in [0.05, 0.1) is 33.5 Å². The molecule has 55 heavy (non-hydrogen) atoms. The molecule has 4 heteroatoms. The maximum Gasteiger partial charge on any atom is 0.160 e. The summed E-state index contributed by atoms with van der Waals surface area (Å²) in [5.74, 6) is 0.713. The molecule has 0 saturated heterocycles. The van der Waals surface area contributed by atoms with Crippen LogP contribution >= 0.6 is 0 Å². The average Bonchev–Trinajstić information content (AvgIpc) is 3.61. The first-order valence-corrected chi connectivity index (χ1v) is 18.6. The molecule has 4 nitrogen and oxygen atoms in total. The summed E-state index contributed by atoms with van der Waals surface area (Å²) in [4.78, 5) is 15.4. The Balaban J connectivity index is 1.05. The number of hydrogen-bond acceptors (Lipinski definition) is 3. The molecule has 0 aliphatic carbocycles. The van der Waals surface area contributed by atoms with Crippen LogP contribution in [-0.2, 0) is 0 Å². The van der Waals surface area contributed by atoms with Crippen molar-refractivity contribution in [3.8, 4) is 50.7 Å². The van der Waals surface area contributed by atoms with Crippen LogP contribution in [0.5, 0.6) is 0 Å². The summed E-state index contributed by atoms with van der Waals surface area (Å²) in [5.41, 5.74) is 12.7. The zero-order valence-corrected chi connectivity index (χ0v) is 29.8. The fourth-order valence-corrected chi connectivity index (χ4v) is 8.26. The highest BCUT2D eigenvalue weighted by Crippen LogP contribution is 2.43. The van der Waals surface area contributed by atoms with Gasteiger partial charge < -0.3 is 4.57 Å². The Bertz CT molecular complexity index is 3240. The zero-order valence-electron chi connectivity index (χ0n) is 29.8. The first kappa shape index (κ1) is 31.1. The summed E-state index contributed by atoms with van der Waals surface area (Å²) in [6.45, 7) is 0. The highest BCUT2D eigenvalue weighted by molar-refractivity contribution is 6.29. The lowest BCUT2D eigenvalue weighted by atomic mass is 9.94. The van der Waals surface area contributed by atoms with Crippen LogP contribution in [0.1, 0.15) is 0 Å². The second-order valence-corrected chi connectivity index (χ2v) is 14.0. The lowest BCUT2D eigenvalue weighted by Gasteiger charge is -2.14. The number of benzene rings is 8. The number of aromatic nitrogens is 4. The molecule has 3 aromatic heterocycles. The number of pyridine rings is 1. The van der Waals surface area contributed by atoms with E-state index in [2.05, 4.69) is 180 Å². The van der Waals surface area contributed by atoms with Gasteiger partial charge in [-0.1, -0.05) is 152 Å². The van der Waals surface area contributed by atoms with E-state index in [1.54, 1.807) is 0 Å². The standard InChI is InChI=1S/C51H32N4/c1-3-14-34(15-4-1)49-40-21-8-11-24-44(40)53-51(54-49)35-28-26-33(27-29-35)36-16-13-17-37(32-36)50-42-30-31-46-48(47(42)39-20-7-10-23-43(39)52-50)41-22-9-12-25-45(41)55(46)38-18-5-2-6-19-38/h1-32H. The van der Waals surface area contributed by atoms with Crippen LogP contribution < -0.4 is 0 Å². The molecule has 0 bridgehead atoms. The first-order chi connectivity index (χ1) is 27.3. The van der Waals surface area contributed by atoms with Crippen molar-refractivity contribution in [3.63, 3.8) is 0 Å². The second kappa shape index (κ2) is 12.6. The minimum atomic E-state index is 0.713. The highest BCUT2D eigenvalue weighted by atomic mass is 15.0. The quantitative estimate of drug-likeness (QED) is 0.168. The van der Waals surface area contributed by atoms with Crippen LogP contribution in [0.2, 0.25) is 0 Å². The van der Waals surface area contributed by atoms with E-state index in [4.69, 9.17) is 15.0 Å². The summed E-state index contributed by atoms with van der Waals surface area (Å²) >= 11 is 0. The molecule has 0 atom stereocenters. The van der Waals surface area contributed by atoms with Gasteiger partial charge >= 0.3 is 0 Å². The molecule has 0 N–H and O–H groups in total. The van der Waals surface area contributed by atoms with Gasteiger partial charge in [0, 0.05) is 54.7 Å². The third-order valence-electron chi connectivity index (χ3n) is 10.8. The highest BCUT2D eigenvalue weighted by Gasteiger charge is 2.19. The molecule has 256 valence electrons. The minimum absolute atomic E-state index is 0.713. The maximum atomic E-state index is 5.35. The Kier molecular flexibility index (Phi) is 7.14. The number of hydrogen-bond donors (Lipinski definition) is 0. The molecular formula is C51H32N4. The summed E-state index contributed by atoms with van der Waals surface area (Å²) in [7, 11) is 0. The fourth-order valence-electron chi connectivity index (χ4n) is 8.26. The third kappa shape index (κ3) is 5.11. The smallest absolute Gasteiger partial charge is 0.160 e. The molecule has 11 rings (SSSR count). The van der Waals surface area contributed by atoms with Crippen LogP contribution in [0.3, 0.4) is 0 Å². The number of para-hydroxylation sites is 4. The van der Waals surface area contributed by atoms with Gasteiger partial charge in [0.2, 0.25) is 0 Å². The van der Waals surface area contributed by atoms with Gasteiger partial charge in [-0.05, 0) is 53.6 Å². The van der Waals surface area contributed by atoms with E-state index in [1.807, 2.05) is 18.2 Å². The lowest BCUT2D eigenvalue weighted by molar-refractivity contribution is 1.18. The second-order valence-electron chi connectivity index (χ2n) is 14.0. The summed E-state index contributed by atoms with van der Waals surface area (Å²) in [6.07, 6.45) is 0. The normalized spacial score (nSPS) is 11.6. The Morgan fingerprint density at radius 2 is 0.909 bits per heavy atom. The van der Waals surface area contributed by atoms with E-state index in [0.29, 0.717) is 5.82 Å². The van der Waals surface area contributed by atoms with Crippen LogP contribution in [-0.4, -0.2) is 19.5 Å². The van der Waals surface area contributed by atoms with Crippen molar-refractivity contribution in [1.29, 1.82) is 0 Å². The molecule has 0 saturated carbocycles. The van der Waals surface area contributed by atoms with Crippen LogP contribution in [0.4, 0.5) is 0 Å². The van der Waals surface area contributed by atoms with Gasteiger partial charge in [0.1, 0.15) is 0 Å². The molecule has 0 aliphatic heterocycles. The van der Waals surface area contributed by atoms with Crippen LogP contribution in [0, 0.1) is 0 Å². The van der Waals surface area contributed by atoms with Gasteiger partial charge in [0.25, 0.3) is 0 Å². The van der Waals surface area contributed by atoms with Crippen molar-refractivity contribution in [2.24, 2.45) is 0 Å². The number of fused-ring (bicyclic) bond motifs is 8. The van der Waals surface area contributed by atoms with E-state index in [0.717, 1.165) is 72.1 Å². The maximum absolute atomic E-state index is 5.35. The molecule has 0 unspecified atom stereocenters. The zero-order chi connectivity index (χ0) is 36.3. The first-order valence-electron chi connectivity index (χ1n) is 18.6.